The molecule has 0 fully saturated rings. The van der Waals surface area contributed by atoms with E-state index in [1.807, 2.05) is 30.5 Å². The maximum absolute atomic E-state index is 12.5. The minimum absolute atomic E-state index is 0.241. The number of amides is 1. The average molecular weight is 395 g/mol. The van der Waals surface area contributed by atoms with E-state index in [0.717, 1.165) is 16.5 Å². The van der Waals surface area contributed by atoms with Crippen LogP contribution >= 0.6 is 11.6 Å². The monoisotopic (exact) mass is 394 g/mol. The molecule has 0 aliphatic heterocycles. The van der Waals surface area contributed by atoms with Crippen LogP contribution in [0.5, 0.6) is 0 Å². The van der Waals surface area contributed by atoms with Crippen LogP contribution in [0, 0.1) is 6.92 Å². The highest BCUT2D eigenvalue weighted by Crippen LogP contribution is 2.31. The molecule has 7 heteroatoms. The van der Waals surface area contributed by atoms with Crippen LogP contribution in [0.15, 0.2) is 18.2 Å². The fourth-order valence-corrected chi connectivity index (χ4v) is 3.29. The van der Waals surface area contributed by atoms with Gasteiger partial charge in [0.25, 0.3) is 0 Å². The molecule has 2 rings (SSSR count). The lowest BCUT2D eigenvalue weighted by atomic mass is 10.2. The number of esters is 1. The average Bonchev–Trinajstić information content (AvgIpc) is 2.91. The van der Waals surface area contributed by atoms with Crippen LogP contribution in [0.3, 0.4) is 0 Å². The molecule has 0 radical (unpaired) electrons. The summed E-state index contributed by atoms with van der Waals surface area (Å²) in [6.45, 7) is 11.6. The molecule has 0 aliphatic carbocycles. The predicted molar refractivity (Wildman–Crippen MR) is 107 cm³/mol. The fraction of sp³-hybridized carbons (Fsp3) is 0.500. The van der Waals surface area contributed by atoms with Crippen molar-refractivity contribution in [1.29, 1.82) is 0 Å². The molecule has 0 saturated carbocycles. The second kappa shape index (κ2) is 8.21. The summed E-state index contributed by atoms with van der Waals surface area (Å²) in [5.41, 5.74) is 1.56. The van der Waals surface area contributed by atoms with Crippen molar-refractivity contribution in [2.45, 2.75) is 53.2 Å². The van der Waals surface area contributed by atoms with E-state index in [1.54, 1.807) is 33.8 Å². The van der Waals surface area contributed by atoms with E-state index in [9.17, 15) is 9.59 Å². The molecule has 1 aromatic heterocycles. The van der Waals surface area contributed by atoms with Gasteiger partial charge in [0.2, 0.25) is 0 Å². The normalized spacial score (nSPS) is 12.7. The van der Waals surface area contributed by atoms with E-state index in [-0.39, 0.29) is 19.2 Å². The zero-order chi connectivity index (χ0) is 20.4. The Balaban J connectivity index is 2.38. The first kappa shape index (κ1) is 21.1. The second-order valence-corrected chi connectivity index (χ2v) is 7.94. The first-order chi connectivity index (χ1) is 12.5. The number of benzene rings is 1. The summed E-state index contributed by atoms with van der Waals surface area (Å²) in [4.78, 5) is 24.4. The van der Waals surface area contributed by atoms with Crippen LogP contribution in [0.4, 0.5) is 4.79 Å². The highest BCUT2D eigenvalue weighted by Gasteiger charge is 2.23. The number of alkyl carbamates (subject to hydrolysis) is 1. The van der Waals surface area contributed by atoms with Crippen LogP contribution in [0.25, 0.3) is 10.9 Å². The van der Waals surface area contributed by atoms with Crippen LogP contribution in [0.2, 0.25) is 5.02 Å². The number of hydrogen-bond donors (Lipinski definition) is 1. The van der Waals surface area contributed by atoms with Crippen molar-refractivity contribution < 1.29 is 19.1 Å². The van der Waals surface area contributed by atoms with Gasteiger partial charge in [0.15, 0.2) is 0 Å². The van der Waals surface area contributed by atoms with E-state index >= 15 is 0 Å². The summed E-state index contributed by atoms with van der Waals surface area (Å²) in [7, 11) is 0. The third-order valence-corrected chi connectivity index (χ3v) is 4.18. The van der Waals surface area contributed by atoms with Gasteiger partial charge in [0.1, 0.15) is 11.3 Å². The van der Waals surface area contributed by atoms with Crippen molar-refractivity contribution in [3.63, 3.8) is 0 Å². The highest BCUT2D eigenvalue weighted by atomic mass is 35.5. The van der Waals surface area contributed by atoms with Gasteiger partial charge in [-0.3, -0.25) is 0 Å². The Kier molecular flexibility index (Phi) is 6.42. The third-order valence-electron chi connectivity index (χ3n) is 3.90. The van der Waals surface area contributed by atoms with Gasteiger partial charge in [-0.2, -0.15) is 0 Å². The standard InChI is InChI=1S/C20H27ClN2O4/c1-7-26-18(24)16-10-14-8-12(2)9-15(21)17(14)23(16)13(3)11-22-19(25)27-20(4,5)6/h8-10,13H,7,11H2,1-6H3,(H,22,25). The van der Waals surface area contributed by atoms with Crippen LogP contribution in [-0.4, -0.2) is 35.4 Å². The lowest BCUT2D eigenvalue weighted by Gasteiger charge is -2.22. The summed E-state index contributed by atoms with van der Waals surface area (Å²) in [5, 5.41) is 4.14. The number of nitrogens with zero attached hydrogens (tertiary/aromatic N) is 1. The van der Waals surface area contributed by atoms with E-state index in [2.05, 4.69) is 5.32 Å². The molecule has 27 heavy (non-hydrogen) atoms. The van der Waals surface area contributed by atoms with Gasteiger partial charge in [-0.15, -0.1) is 0 Å². The number of halogens is 1. The van der Waals surface area contributed by atoms with Crippen LogP contribution in [0.1, 0.15) is 56.7 Å². The highest BCUT2D eigenvalue weighted by molar-refractivity contribution is 6.35. The van der Waals surface area contributed by atoms with Crippen LogP contribution in [-0.2, 0) is 9.47 Å². The Bertz CT molecular complexity index is 852. The Morgan fingerprint density at radius 3 is 2.52 bits per heavy atom. The van der Waals surface area contributed by atoms with Crippen molar-refractivity contribution in [3.8, 4) is 0 Å². The Labute approximate surface area is 164 Å². The Hall–Kier alpha value is -2.21. The molecule has 0 saturated heterocycles. The van der Waals surface area contributed by atoms with Crippen molar-refractivity contribution in [2.24, 2.45) is 0 Å². The number of ether oxygens (including phenoxy) is 2. The molecule has 1 aromatic carbocycles. The number of fused-ring (bicyclic) bond motifs is 1. The number of carbonyl (C=O) groups is 2. The minimum Gasteiger partial charge on any atom is -0.461 e. The minimum atomic E-state index is -0.579. The predicted octanol–water partition coefficient (Wildman–Crippen LogP) is 4.87. The summed E-state index contributed by atoms with van der Waals surface area (Å²) >= 11 is 6.47. The number of rotatable bonds is 5. The van der Waals surface area contributed by atoms with Crippen LogP contribution < -0.4 is 5.32 Å². The number of hydrogen-bond acceptors (Lipinski definition) is 4. The van der Waals surface area contributed by atoms with E-state index in [4.69, 9.17) is 21.1 Å². The quantitative estimate of drug-likeness (QED) is 0.735. The summed E-state index contributed by atoms with van der Waals surface area (Å²) in [6, 6.07) is 5.35. The largest absolute Gasteiger partial charge is 0.461 e. The Morgan fingerprint density at radius 1 is 1.26 bits per heavy atom. The summed E-state index contributed by atoms with van der Waals surface area (Å²) < 4.78 is 12.3. The second-order valence-electron chi connectivity index (χ2n) is 7.54. The zero-order valence-electron chi connectivity index (χ0n) is 16.7. The van der Waals surface area contributed by atoms with Gasteiger partial charge in [0, 0.05) is 18.0 Å². The maximum atomic E-state index is 12.5. The lowest BCUT2D eigenvalue weighted by molar-refractivity contribution is 0.0512. The van der Waals surface area contributed by atoms with E-state index in [0.29, 0.717) is 10.7 Å². The first-order valence-electron chi connectivity index (χ1n) is 8.98. The molecule has 2 aromatic rings. The summed E-state index contributed by atoms with van der Waals surface area (Å²) in [5.74, 6) is -0.425. The van der Waals surface area contributed by atoms with Gasteiger partial charge in [-0.25, -0.2) is 9.59 Å². The van der Waals surface area contributed by atoms with Crippen molar-refractivity contribution >= 4 is 34.6 Å². The van der Waals surface area contributed by atoms with E-state index in [1.165, 1.54) is 0 Å². The maximum Gasteiger partial charge on any atom is 0.407 e. The molecule has 1 amide bonds. The molecule has 1 heterocycles. The molecule has 0 spiro atoms. The zero-order valence-corrected chi connectivity index (χ0v) is 17.4. The molecular formula is C20H27ClN2O4. The van der Waals surface area contributed by atoms with Gasteiger partial charge in [0.05, 0.1) is 17.1 Å². The smallest absolute Gasteiger partial charge is 0.407 e. The molecule has 1 unspecified atom stereocenters. The lowest BCUT2D eigenvalue weighted by Crippen LogP contribution is -2.35. The Morgan fingerprint density at radius 2 is 1.93 bits per heavy atom. The molecule has 1 atom stereocenters. The molecule has 148 valence electrons. The van der Waals surface area contributed by atoms with Crippen molar-refractivity contribution in [3.05, 3.63) is 34.5 Å². The molecule has 1 N–H and O–H groups in total. The summed E-state index contributed by atoms with van der Waals surface area (Å²) in [6.07, 6.45) is -0.509. The molecular weight excluding hydrogens is 368 g/mol. The molecule has 6 nitrogen and oxygen atoms in total. The molecule has 0 bridgehead atoms. The van der Waals surface area contributed by atoms with Gasteiger partial charge >= 0.3 is 12.1 Å². The number of nitrogens with one attached hydrogen (secondary N) is 1. The van der Waals surface area contributed by atoms with E-state index < -0.39 is 17.7 Å². The topological polar surface area (TPSA) is 69.6 Å². The van der Waals surface area contributed by atoms with Crippen molar-refractivity contribution in [1.82, 2.24) is 9.88 Å². The SMILES string of the molecule is CCOC(=O)c1cc2cc(C)cc(Cl)c2n1C(C)CNC(=O)OC(C)(C)C. The van der Waals surface area contributed by atoms with Gasteiger partial charge < -0.3 is 19.4 Å². The van der Waals surface area contributed by atoms with Crippen molar-refractivity contribution in [2.75, 3.05) is 13.2 Å². The number of carbonyl (C=O) groups excluding carboxylic acids is 2. The number of aromatic nitrogens is 1. The molecule has 0 aliphatic rings. The van der Waals surface area contributed by atoms with Gasteiger partial charge in [-0.05, 0) is 65.3 Å². The number of aryl methyl sites for hydroxylation is 1. The van der Waals surface area contributed by atoms with Gasteiger partial charge in [-0.1, -0.05) is 11.6 Å². The third kappa shape index (κ3) is 5.16. The fourth-order valence-electron chi connectivity index (χ4n) is 2.92. The first-order valence-corrected chi connectivity index (χ1v) is 9.36.